The van der Waals surface area contributed by atoms with Crippen molar-refractivity contribution < 1.29 is 0 Å². The van der Waals surface area contributed by atoms with Crippen LogP contribution in [0.15, 0.2) is 134 Å². The number of H-pyrrole nitrogens is 1. The molecule has 0 unspecified atom stereocenters. The van der Waals surface area contributed by atoms with Crippen molar-refractivity contribution in [1.29, 1.82) is 0 Å². The van der Waals surface area contributed by atoms with Gasteiger partial charge in [0.1, 0.15) is 11.4 Å². The van der Waals surface area contributed by atoms with Crippen molar-refractivity contribution in [3.8, 4) is 45.9 Å². The SMILES string of the molecule is C(#Cc1c2nc(c(-c3ccccc3)c3ccc(s3)c(C#Cc3ccccn3)c3nc(c(-c4ccccc4)c4ccc1[nH]4)C=C3)C=C2)c1ccccn1. The first-order valence-corrected chi connectivity index (χ1v) is 17.6. The Balaban J connectivity index is 1.42. The van der Waals surface area contributed by atoms with E-state index in [9.17, 15) is 0 Å². The third-order valence-corrected chi connectivity index (χ3v) is 9.83. The highest BCUT2D eigenvalue weighted by Crippen LogP contribution is 2.37. The second-order valence-corrected chi connectivity index (χ2v) is 13.1. The quantitative estimate of drug-likeness (QED) is 0.185. The number of pyridine rings is 2. The van der Waals surface area contributed by atoms with Crippen molar-refractivity contribution in [1.82, 2.24) is 24.9 Å². The monoisotopic (exact) mass is 681 g/mol. The van der Waals surface area contributed by atoms with Crippen LogP contribution in [0.1, 0.15) is 45.3 Å². The number of thiophene rings is 1. The molecule has 8 bridgehead atoms. The molecule has 0 saturated carbocycles. The number of aromatic nitrogens is 5. The number of rotatable bonds is 2. The average Bonchev–Trinajstić information content (AvgIpc) is 4.04. The number of fused-ring (bicyclic) bond motifs is 8. The molecule has 1 N–H and O–H groups in total. The lowest BCUT2D eigenvalue weighted by atomic mass is 10.0. The summed E-state index contributed by atoms with van der Waals surface area (Å²) in [6, 6.07) is 40.7. The minimum Gasteiger partial charge on any atom is -0.354 e. The van der Waals surface area contributed by atoms with Crippen molar-refractivity contribution in [2.75, 3.05) is 0 Å². The number of benzene rings is 2. The number of aromatic amines is 1. The van der Waals surface area contributed by atoms with E-state index < -0.39 is 0 Å². The molecule has 7 heterocycles. The minimum atomic E-state index is 0.687. The van der Waals surface area contributed by atoms with E-state index in [-0.39, 0.29) is 0 Å². The van der Waals surface area contributed by atoms with Crippen LogP contribution in [-0.4, -0.2) is 24.9 Å². The lowest BCUT2D eigenvalue weighted by molar-refractivity contribution is 1.28. The first kappa shape index (κ1) is 30.9. The molecule has 242 valence electrons. The van der Waals surface area contributed by atoms with E-state index in [1.165, 1.54) is 0 Å². The molecule has 0 aliphatic carbocycles. The van der Waals surface area contributed by atoms with Crippen LogP contribution in [0.3, 0.4) is 0 Å². The first-order valence-electron chi connectivity index (χ1n) is 16.8. The summed E-state index contributed by atoms with van der Waals surface area (Å²) in [5.41, 5.74) is 12.1. The van der Waals surface area contributed by atoms with Crippen molar-refractivity contribution in [3.05, 3.63) is 179 Å². The van der Waals surface area contributed by atoms with E-state index >= 15 is 0 Å². The highest BCUT2D eigenvalue weighted by molar-refractivity contribution is 7.24. The normalized spacial score (nSPS) is 11.4. The van der Waals surface area contributed by atoms with Crippen LogP contribution in [0.4, 0.5) is 0 Å². The van der Waals surface area contributed by atoms with Gasteiger partial charge in [0.05, 0.1) is 39.4 Å². The Morgan fingerprint density at radius 1 is 0.423 bits per heavy atom. The van der Waals surface area contributed by atoms with Gasteiger partial charge < -0.3 is 4.98 Å². The molecule has 0 amide bonds. The van der Waals surface area contributed by atoms with Crippen molar-refractivity contribution in [3.63, 3.8) is 0 Å². The predicted molar refractivity (Wildman–Crippen MR) is 214 cm³/mol. The van der Waals surface area contributed by atoms with E-state index in [4.69, 9.17) is 9.97 Å². The molecule has 2 aliphatic heterocycles. The largest absolute Gasteiger partial charge is 0.354 e. The van der Waals surface area contributed by atoms with Gasteiger partial charge >= 0.3 is 0 Å². The van der Waals surface area contributed by atoms with Gasteiger partial charge in [0, 0.05) is 38.4 Å². The Labute approximate surface area is 304 Å². The van der Waals surface area contributed by atoms with Gasteiger partial charge in [-0.15, -0.1) is 11.3 Å². The zero-order valence-electron chi connectivity index (χ0n) is 27.7. The number of nitrogens with one attached hydrogen (secondary N) is 1. The maximum Gasteiger partial charge on any atom is 0.113 e. The van der Waals surface area contributed by atoms with Gasteiger partial charge in [-0.1, -0.05) is 84.6 Å². The highest BCUT2D eigenvalue weighted by Gasteiger charge is 2.17. The maximum atomic E-state index is 5.27. The van der Waals surface area contributed by atoms with Crippen LogP contribution < -0.4 is 0 Å². The molecule has 0 atom stereocenters. The van der Waals surface area contributed by atoms with E-state index in [0.29, 0.717) is 11.4 Å². The van der Waals surface area contributed by atoms with E-state index in [1.807, 2.05) is 60.7 Å². The Kier molecular flexibility index (Phi) is 8.11. The molecule has 0 fully saturated rings. The third-order valence-electron chi connectivity index (χ3n) is 8.71. The molecule has 0 spiro atoms. The van der Waals surface area contributed by atoms with Crippen LogP contribution in [0.2, 0.25) is 0 Å². The maximum absolute atomic E-state index is 5.27. The van der Waals surface area contributed by atoms with Crippen LogP contribution in [0.5, 0.6) is 0 Å². The van der Waals surface area contributed by atoms with Gasteiger partial charge in [-0.25, -0.2) is 19.9 Å². The molecule has 0 saturated heterocycles. The zero-order valence-corrected chi connectivity index (χ0v) is 28.5. The lowest BCUT2D eigenvalue weighted by Crippen LogP contribution is -1.88. The summed E-state index contributed by atoms with van der Waals surface area (Å²) in [5, 5.41) is 0. The Hall–Kier alpha value is -7.12. The molecule has 9 rings (SSSR count). The fraction of sp³-hybridized carbons (Fsp3) is 0. The summed E-state index contributed by atoms with van der Waals surface area (Å²) in [4.78, 5) is 23.2. The van der Waals surface area contributed by atoms with Gasteiger partial charge in [0.15, 0.2) is 0 Å². The number of hydrogen-bond acceptors (Lipinski definition) is 5. The molecule has 5 aromatic heterocycles. The van der Waals surface area contributed by atoms with Crippen molar-refractivity contribution in [2.24, 2.45) is 0 Å². The van der Waals surface area contributed by atoms with Crippen LogP contribution >= 0.6 is 11.3 Å². The Morgan fingerprint density at radius 2 is 0.942 bits per heavy atom. The van der Waals surface area contributed by atoms with Crippen LogP contribution in [0.25, 0.3) is 67.0 Å². The predicted octanol–water partition coefficient (Wildman–Crippen LogP) is 10.3. The van der Waals surface area contributed by atoms with Gasteiger partial charge in [-0.2, -0.15) is 0 Å². The van der Waals surface area contributed by atoms with E-state index in [1.54, 1.807) is 23.7 Å². The molecular weight excluding hydrogens is 655 g/mol. The molecule has 2 aliphatic rings. The van der Waals surface area contributed by atoms with Gasteiger partial charge in [0.25, 0.3) is 0 Å². The molecule has 2 aromatic carbocycles. The fourth-order valence-electron chi connectivity index (χ4n) is 6.29. The van der Waals surface area contributed by atoms with Gasteiger partial charge in [0.2, 0.25) is 0 Å². The lowest BCUT2D eigenvalue weighted by Gasteiger charge is -2.04. The van der Waals surface area contributed by atoms with Crippen LogP contribution in [-0.2, 0) is 0 Å². The van der Waals surface area contributed by atoms with Gasteiger partial charge in [-0.3, -0.25) is 0 Å². The van der Waals surface area contributed by atoms with Crippen LogP contribution in [0, 0.1) is 23.7 Å². The number of nitrogens with zero attached hydrogens (tertiary/aromatic N) is 4. The average molecular weight is 682 g/mol. The van der Waals surface area contributed by atoms with E-state index in [0.717, 1.165) is 76.6 Å². The second-order valence-electron chi connectivity index (χ2n) is 12.0. The molecule has 6 heteroatoms. The minimum absolute atomic E-state index is 0.687. The molecule has 0 radical (unpaired) electrons. The summed E-state index contributed by atoms with van der Waals surface area (Å²) >= 11 is 1.68. The highest BCUT2D eigenvalue weighted by atomic mass is 32.1. The Morgan fingerprint density at radius 3 is 1.58 bits per heavy atom. The summed E-state index contributed by atoms with van der Waals surface area (Å²) in [6.45, 7) is 0. The number of hydrogen-bond donors (Lipinski definition) is 1. The summed E-state index contributed by atoms with van der Waals surface area (Å²) in [6.07, 6.45) is 11.8. The summed E-state index contributed by atoms with van der Waals surface area (Å²) in [7, 11) is 0. The van der Waals surface area contributed by atoms with Crippen molar-refractivity contribution >= 4 is 56.1 Å². The summed E-state index contributed by atoms with van der Waals surface area (Å²) < 4.78 is 2.08. The standard InChI is InChI=1S/C46H27N5S/c1-3-11-31(12-4-1)45-40-24-21-37(49-40)35(19-17-33-15-7-9-29-47-33)38-22-26-42(50-38)46(32-13-5-2-6-14-32)44-28-27-43(52-44)36(39-23-25-41(45)51-39)20-18-34-16-8-10-30-48-34/h1-16,21-30,49H. The summed E-state index contributed by atoms with van der Waals surface area (Å²) in [5.74, 6) is 13.5. The molecule has 7 aromatic rings. The topological polar surface area (TPSA) is 67.3 Å². The second kappa shape index (κ2) is 13.7. The van der Waals surface area contributed by atoms with E-state index in [2.05, 4.69) is 124 Å². The molecular formula is C46H27N5S. The fourth-order valence-corrected chi connectivity index (χ4v) is 7.38. The third kappa shape index (κ3) is 6.12. The van der Waals surface area contributed by atoms with Gasteiger partial charge in [-0.05, 0) is 95.8 Å². The van der Waals surface area contributed by atoms with Crippen molar-refractivity contribution in [2.45, 2.75) is 0 Å². The first-order chi connectivity index (χ1) is 25.8. The smallest absolute Gasteiger partial charge is 0.113 e. The Bertz CT molecular complexity index is 2630. The molecule has 52 heavy (non-hydrogen) atoms. The molecule has 5 nitrogen and oxygen atoms in total. The zero-order chi connectivity index (χ0) is 34.7.